The molecule has 0 bridgehead atoms. The molecule has 0 fully saturated rings. The first-order chi connectivity index (χ1) is 11.5. The van der Waals surface area contributed by atoms with Gasteiger partial charge < -0.3 is 4.42 Å². The van der Waals surface area contributed by atoms with E-state index >= 15 is 0 Å². The van der Waals surface area contributed by atoms with Crippen molar-refractivity contribution in [2.45, 2.75) is 0 Å². The number of aromatic nitrogens is 2. The summed E-state index contributed by atoms with van der Waals surface area (Å²) < 4.78 is 31.9. The lowest BCUT2D eigenvalue weighted by atomic mass is 10.1. The van der Waals surface area contributed by atoms with Crippen LogP contribution in [0.5, 0.6) is 0 Å². The van der Waals surface area contributed by atoms with Crippen molar-refractivity contribution >= 4 is 34.0 Å². The number of benzene rings is 2. The van der Waals surface area contributed by atoms with Crippen LogP contribution in [0.2, 0.25) is 5.02 Å². The molecule has 4 aromatic rings. The lowest BCUT2D eigenvalue weighted by molar-refractivity contribution is 0.555. The van der Waals surface area contributed by atoms with Crippen LogP contribution in [0.1, 0.15) is 0 Å². The summed E-state index contributed by atoms with van der Waals surface area (Å²) in [4.78, 5) is 18.1. The predicted octanol–water partition coefficient (Wildman–Crippen LogP) is 4.84. The molecule has 0 saturated carbocycles. The topological polar surface area (TPSA) is 58.9 Å². The normalized spacial score (nSPS) is 11.3. The van der Waals surface area contributed by atoms with Crippen molar-refractivity contribution in [2.75, 3.05) is 0 Å². The van der Waals surface area contributed by atoms with Crippen molar-refractivity contribution in [2.24, 2.45) is 0 Å². The Balaban J connectivity index is 1.82. The van der Waals surface area contributed by atoms with E-state index in [1.807, 2.05) is 0 Å². The second-order valence-corrected chi connectivity index (χ2v) is 6.27. The molecule has 0 spiro atoms. The Hall–Kier alpha value is -2.51. The highest BCUT2D eigenvalue weighted by atomic mass is 35.5. The third-order valence-electron chi connectivity index (χ3n) is 3.45. The average molecular weight is 365 g/mol. The van der Waals surface area contributed by atoms with Crippen molar-refractivity contribution in [3.63, 3.8) is 0 Å². The van der Waals surface area contributed by atoms with E-state index in [2.05, 4.69) is 9.97 Å². The number of oxazole rings is 1. The van der Waals surface area contributed by atoms with Gasteiger partial charge >= 0.3 is 5.76 Å². The Morgan fingerprint density at radius 3 is 2.79 bits per heavy atom. The maximum absolute atomic E-state index is 13.9. The molecule has 8 heteroatoms. The molecule has 24 heavy (non-hydrogen) atoms. The standard InChI is InChI=1S/C16H7ClF2N2O2S/c17-10-5-12-14(23-16(22)21-12)4-9(10)13-6-24-15(20-13)8-2-1-7(18)3-11(8)19/h1-6H,(H,21,22). The third-order valence-corrected chi connectivity index (χ3v) is 4.64. The van der Waals surface area contributed by atoms with Crippen molar-refractivity contribution in [3.8, 4) is 21.8 Å². The Morgan fingerprint density at radius 1 is 1.17 bits per heavy atom. The van der Waals surface area contributed by atoms with Gasteiger partial charge in [0.1, 0.15) is 16.6 Å². The number of nitrogens with one attached hydrogen (secondary N) is 1. The van der Waals surface area contributed by atoms with E-state index in [-0.39, 0.29) is 5.56 Å². The lowest BCUT2D eigenvalue weighted by Crippen LogP contribution is -1.92. The predicted molar refractivity (Wildman–Crippen MR) is 88.3 cm³/mol. The fraction of sp³-hybridized carbons (Fsp3) is 0. The maximum atomic E-state index is 13.9. The van der Waals surface area contributed by atoms with Crippen LogP contribution in [0.25, 0.3) is 32.9 Å². The summed E-state index contributed by atoms with van der Waals surface area (Å²) in [5, 5.41) is 2.47. The highest BCUT2D eigenvalue weighted by Crippen LogP contribution is 2.35. The van der Waals surface area contributed by atoms with Crippen LogP contribution < -0.4 is 5.76 Å². The van der Waals surface area contributed by atoms with Gasteiger partial charge in [-0.2, -0.15) is 0 Å². The number of fused-ring (bicyclic) bond motifs is 1. The first kappa shape index (κ1) is 15.0. The number of rotatable bonds is 2. The summed E-state index contributed by atoms with van der Waals surface area (Å²) in [5.74, 6) is -1.91. The van der Waals surface area contributed by atoms with Crippen LogP contribution in [0.15, 0.2) is 44.9 Å². The minimum Gasteiger partial charge on any atom is -0.408 e. The fourth-order valence-electron chi connectivity index (χ4n) is 2.35. The van der Waals surface area contributed by atoms with Gasteiger partial charge in [-0.1, -0.05) is 11.6 Å². The highest BCUT2D eigenvalue weighted by molar-refractivity contribution is 7.13. The van der Waals surface area contributed by atoms with Gasteiger partial charge in [-0.3, -0.25) is 4.98 Å². The number of H-pyrrole nitrogens is 1. The van der Waals surface area contributed by atoms with Gasteiger partial charge in [-0.25, -0.2) is 18.6 Å². The Morgan fingerprint density at radius 2 is 2.00 bits per heavy atom. The Bertz CT molecular complexity index is 1130. The number of aromatic amines is 1. The molecule has 4 rings (SSSR count). The average Bonchev–Trinajstić information content (AvgIpc) is 3.12. The van der Waals surface area contributed by atoms with Crippen molar-refractivity contribution in [1.82, 2.24) is 9.97 Å². The highest BCUT2D eigenvalue weighted by Gasteiger charge is 2.15. The van der Waals surface area contributed by atoms with Gasteiger partial charge in [0.15, 0.2) is 5.58 Å². The quantitative estimate of drug-likeness (QED) is 0.553. The van der Waals surface area contributed by atoms with Gasteiger partial charge in [-0.05, 0) is 24.3 Å². The number of halogens is 3. The van der Waals surface area contributed by atoms with Gasteiger partial charge in [0.2, 0.25) is 0 Å². The fourth-order valence-corrected chi connectivity index (χ4v) is 3.46. The number of hydrogen-bond acceptors (Lipinski definition) is 4. The molecule has 0 unspecified atom stereocenters. The van der Waals surface area contributed by atoms with Gasteiger partial charge in [0, 0.05) is 22.6 Å². The van der Waals surface area contributed by atoms with E-state index in [1.165, 1.54) is 23.5 Å². The van der Waals surface area contributed by atoms with E-state index < -0.39 is 17.4 Å². The van der Waals surface area contributed by atoms with Crippen molar-refractivity contribution in [1.29, 1.82) is 0 Å². The molecule has 0 aliphatic carbocycles. The van der Waals surface area contributed by atoms with Gasteiger partial charge in [-0.15, -0.1) is 11.3 Å². The number of thiazole rings is 1. The Labute approximate surface area is 142 Å². The molecule has 2 aromatic carbocycles. The lowest BCUT2D eigenvalue weighted by Gasteiger charge is -2.01. The SMILES string of the molecule is O=c1[nH]c2cc(Cl)c(-c3csc(-c4ccc(F)cc4F)n3)cc2o1. The molecule has 0 atom stereocenters. The summed E-state index contributed by atoms with van der Waals surface area (Å²) >= 11 is 7.44. The maximum Gasteiger partial charge on any atom is 0.417 e. The molecule has 0 amide bonds. The molecule has 0 radical (unpaired) electrons. The van der Waals surface area contributed by atoms with E-state index in [0.717, 1.165) is 6.07 Å². The second kappa shape index (κ2) is 5.54. The molecular formula is C16H7ClF2N2O2S. The number of nitrogens with zero attached hydrogens (tertiary/aromatic N) is 1. The monoisotopic (exact) mass is 364 g/mol. The molecule has 4 nitrogen and oxygen atoms in total. The molecule has 120 valence electrons. The van der Waals surface area contributed by atoms with Crippen LogP contribution in [0, 0.1) is 11.6 Å². The van der Waals surface area contributed by atoms with Crippen LogP contribution >= 0.6 is 22.9 Å². The number of hydrogen-bond donors (Lipinski definition) is 1. The molecule has 1 N–H and O–H groups in total. The molecule has 0 aliphatic rings. The van der Waals surface area contributed by atoms with Gasteiger partial charge in [0.25, 0.3) is 0 Å². The van der Waals surface area contributed by atoms with Crippen molar-refractivity contribution in [3.05, 3.63) is 62.9 Å². The van der Waals surface area contributed by atoms with Crippen LogP contribution in [-0.2, 0) is 0 Å². The summed E-state index contributed by atoms with van der Waals surface area (Å²) in [5.41, 5.74) is 2.10. The molecule has 2 heterocycles. The van der Waals surface area contributed by atoms with E-state index in [0.29, 0.717) is 32.4 Å². The first-order valence-electron chi connectivity index (χ1n) is 6.75. The zero-order chi connectivity index (χ0) is 16.8. The summed E-state index contributed by atoms with van der Waals surface area (Å²) in [7, 11) is 0. The van der Waals surface area contributed by atoms with Crippen LogP contribution in [0.3, 0.4) is 0 Å². The molecule has 2 aromatic heterocycles. The van der Waals surface area contributed by atoms with E-state index in [1.54, 1.807) is 17.5 Å². The Kier molecular flexibility index (Phi) is 3.47. The zero-order valence-corrected chi connectivity index (χ0v) is 13.3. The molecular weight excluding hydrogens is 358 g/mol. The minimum atomic E-state index is -0.686. The first-order valence-corrected chi connectivity index (χ1v) is 8.01. The van der Waals surface area contributed by atoms with Gasteiger partial charge in [0.05, 0.1) is 16.2 Å². The zero-order valence-electron chi connectivity index (χ0n) is 11.8. The summed E-state index contributed by atoms with van der Waals surface area (Å²) in [6.07, 6.45) is 0. The summed E-state index contributed by atoms with van der Waals surface area (Å²) in [6, 6.07) is 6.48. The second-order valence-electron chi connectivity index (χ2n) is 5.00. The third kappa shape index (κ3) is 2.51. The molecule has 0 saturated heterocycles. The largest absolute Gasteiger partial charge is 0.417 e. The van der Waals surface area contributed by atoms with Crippen LogP contribution in [0.4, 0.5) is 8.78 Å². The van der Waals surface area contributed by atoms with E-state index in [4.69, 9.17) is 16.0 Å². The summed E-state index contributed by atoms with van der Waals surface area (Å²) in [6.45, 7) is 0. The van der Waals surface area contributed by atoms with E-state index in [9.17, 15) is 13.6 Å². The minimum absolute atomic E-state index is 0.207. The molecule has 0 aliphatic heterocycles. The van der Waals surface area contributed by atoms with Crippen LogP contribution in [-0.4, -0.2) is 9.97 Å². The smallest absolute Gasteiger partial charge is 0.408 e. The van der Waals surface area contributed by atoms with Crippen molar-refractivity contribution < 1.29 is 13.2 Å².